The molecular formula is C20H17N. The third kappa shape index (κ3) is 2.31. The van der Waals surface area contributed by atoms with Crippen molar-refractivity contribution in [1.82, 2.24) is 0 Å². The molecule has 21 heavy (non-hydrogen) atoms. The van der Waals surface area contributed by atoms with E-state index in [0.717, 1.165) is 13.1 Å². The molecule has 1 heterocycles. The van der Waals surface area contributed by atoms with Crippen molar-refractivity contribution < 1.29 is 0 Å². The lowest BCUT2D eigenvalue weighted by Crippen LogP contribution is -2.25. The van der Waals surface area contributed by atoms with E-state index in [4.69, 9.17) is 0 Å². The molecule has 1 aliphatic heterocycles. The molecule has 1 nitrogen and oxygen atoms in total. The second-order valence-electron chi connectivity index (χ2n) is 5.52. The molecular weight excluding hydrogens is 254 g/mol. The summed E-state index contributed by atoms with van der Waals surface area (Å²) in [7, 11) is 0. The van der Waals surface area contributed by atoms with Crippen LogP contribution in [0.3, 0.4) is 0 Å². The Kier molecular flexibility index (Phi) is 2.97. The predicted molar refractivity (Wildman–Crippen MR) is 90.5 cm³/mol. The van der Waals surface area contributed by atoms with E-state index in [2.05, 4.69) is 83.8 Å². The van der Waals surface area contributed by atoms with Crippen LogP contribution < -0.4 is 4.90 Å². The number of benzene rings is 3. The average Bonchev–Trinajstić information content (AvgIpc) is 2.55. The van der Waals surface area contributed by atoms with Crippen molar-refractivity contribution in [2.24, 2.45) is 0 Å². The Morgan fingerprint density at radius 3 is 2.57 bits per heavy atom. The van der Waals surface area contributed by atoms with Gasteiger partial charge in [0.25, 0.3) is 0 Å². The molecule has 3 aromatic carbocycles. The van der Waals surface area contributed by atoms with Gasteiger partial charge in [-0.2, -0.15) is 0 Å². The van der Waals surface area contributed by atoms with Gasteiger partial charge < -0.3 is 4.90 Å². The highest BCUT2D eigenvalue weighted by molar-refractivity contribution is 5.83. The van der Waals surface area contributed by atoms with Gasteiger partial charge >= 0.3 is 0 Å². The highest BCUT2D eigenvalue weighted by Crippen LogP contribution is 2.27. The number of hydrogen-bond acceptors (Lipinski definition) is 1. The first kappa shape index (κ1) is 12.2. The van der Waals surface area contributed by atoms with Crippen molar-refractivity contribution in [3.05, 3.63) is 83.9 Å². The van der Waals surface area contributed by atoms with E-state index in [1.54, 1.807) is 0 Å². The van der Waals surface area contributed by atoms with Gasteiger partial charge in [0, 0.05) is 18.8 Å². The average molecular weight is 271 g/mol. The van der Waals surface area contributed by atoms with Gasteiger partial charge in [-0.3, -0.25) is 0 Å². The Hall–Kier alpha value is -2.54. The summed E-state index contributed by atoms with van der Waals surface area (Å²) in [5.41, 5.74) is 4.00. The van der Waals surface area contributed by atoms with E-state index in [1.807, 2.05) is 0 Å². The monoisotopic (exact) mass is 271 g/mol. The quantitative estimate of drug-likeness (QED) is 0.642. The van der Waals surface area contributed by atoms with Crippen LogP contribution in [0.4, 0.5) is 5.69 Å². The minimum atomic E-state index is 0.951. The Balaban J connectivity index is 1.67. The molecule has 0 aliphatic carbocycles. The largest absolute Gasteiger partial charge is 0.363 e. The molecule has 1 heteroatoms. The van der Waals surface area contributed by atoms with E-state index in [-0.39, 0.29) is 0 Å². The number of fused-ring (bicyclic) bond motifs is 2. The van der Waals surface area contributed by atoms with E-state index >= 15 is 0 Å². The third-order valence-electron chi connectivity index (χ3n) is 4.09. The molecule has 4 rings (SSSR count). The normalized spacial score (nSPS) is 13.4. The SMILES string of the molecule is C1=Cc2ccccc2N(Cc2ccc3ccccc3c2)C1. The zero-order chi connectivity index (χ0) is 14.1. The van der Waals surface area contributed by atoms with Crippen LogP contribution in [0.5, 0.6) is 0 Å². The molecule has 102 valence electrons. The molecule has 0 N–H and O–H groups in total. The molecule has 3 aromatic rings. The molecule has 0 spiro atoms. The zero-order valence-electron chi connectivity index (χ0n) is 11.9. The molecule has 0 atom stereocenters. The maximum Gasteiger partial charge on any atom is 0.0445 e. The van der Waals surface area contributed by atoms with E-state index in [9.17, 15) is 0 Å². The zero-order valence-corrected chi connectivity index (χ0v) is 11.9. The van der Waals surface area contributed by atoms with Gasteiger partial charge in [0.05, 0.1) is 0 Å². The number of nitrogens with zero attached hydrogens (tertiary/aromatic N) is 1. The summed E-state index contributed by atoms with van der Waals surface area (Å²) in [6.45, 7) is 1.93. The molecule has 0 radical (unpaired) electrons. The standard InChI is InChI=1S/C20H17N/c1-2-8-19-14-16(11-12-17(19)6-1)15-21-13-5-9-18-7-3-4-10-20(18)21/h1-12,14H,13,15H2. The third-order valence-corrected chi connectivity index (χ3v) is 4.09. The summed E-state index contributed by atoms with van der Waals surface area (Å²) >= 11 is 0. The number of para-hydroxylation sites is 1. The first-order chi connectivity index (χ1) is 10.4. The predicted octanol–water partition coefficient (Wildman–Crippen LogP) is 4.87. The van der Waals surface area contributed by atoms with Crippen molar-refractivity contribution in [3.63, 3.8) is 0 Å². The highest BCUT2D eigenvalue weighted by atomic mass is 15.1. The molecule has 0 bridgehead atoms. The van der Waals surface area contributed by atoms with Crippen LogP contribution in [0.1, 0.15) is 11.1 Å². The maximum absolute atomic E-state index is 2.43. The summed E-state index contributed by atoms with van der Waals surface area (Å²) in [6, 6.07) is 23.9. The maximum atomic E-state index is 2.43. The molecule has 0 amide bonds. The van der Waals surface area contributed by atoms with Crippen LogP contribution >= 0.6 is 0 Å². The fourth-order valence-electron chi connectivity index (χ4n) is 3.03. The van der Waals surface area contributed by atoms with Crippen LogP contribution in [0, 0.1) is 0 Å². The Labute approximate surface area is 125 Å². The Bertz CT molecular complexity index is 817. The minimum Gasteiger partial charge on any atom is -0.363 e. The van der Waals surface area contributed by atoms with Crippen LogP contribution in [0.25, 0.3) is 16.8 Å². The molecule has 0 fully saturated rings. The summed E-state index contributed by atoms with van der Waals surface area (Å²) < 4.78 is 0. The molecule has 0 saturated carbocycles. The molecule has 1 aliphatic rings. The van der Waals surface area contributed by atoms with Crippen molar-refractivity contribution in [2.75, 3.05) is 11.4 Å². The summed E-state index contributed by atoms with van der Waals surface area (Å²) in [5, 5.41) is 2.62. The van der Waals surface area contributed by atoms with E-state index in [0.29, 0.717) is 0 Å². The summed E-state index contributed by atoms with van der Waals surface area (Å²) in [5.74, 6) is 0. The van der Waals surface area contributed by atoms with Crippen LogP contribution in [0.2, 0.25) is 0 Å². The van der Waals surface area contributed by atoms with Gasteiger partial charge in [-0.15, -0.1) is 0 Å². The number of rotatable bonds is 2. The smallest absolute Gasteiger partial charge is 0.0445 e. The van der Waals surface area contributed by atoms with Crippen molar-refractivity contribution in [3.8, 4) is 0 Å². The molecule has 0 saturated heterocycles. The lowest BCUT2D eigenvalue weighted by atomic mass is 10.0. The van der Waals surface area contributed by atoms with Gasteiger partial charge in [0.2, 0.25) is 0 Å². The van der Waals surface area contributed by atoms with Crippen LogP contribution in [0.15, 0.2) is 72.8 Å². The van der Waals surface area contributed by atoms with Crippen molar-refractivity contribution >= 4 is 22.5 Å². The lowest BCUT2D eigenvalue weighted by molar-refractivity contribution is 0.862. The first-order valence-electron chi connectivity index (χ1n) is 7.38. The van der Waals surface area contributed by atoms with Gasteiger partial charge in [-0.05, 0) is 34.0 Å². The van der Waals surface area contributed by atoms with Gasteiger partial charge in [-0.1, -0.05) is 66.7 Å². The van der Waals surface area contributed by atoms with Crippen molar-refractivity contribution in [1.29, 1.82) is 0 Å². The van der Waals surface area contributed by atoms with Crippen LogP contribution in [-0.4, -0.2) is 6.54 Å². The topological polar surface area (TPSA) is 3.24 Å². The van der Waals surface area contributed by atoms with Crippen LogP contribution in [-0.2, 0) is 6.54 Å². The van der Waals surface area contributed by atoms with Gasteiger partial charge in [0.15, 0.2) is 0 Å². The summed E-state index contributed by atoms with van der Waals surface area (Å²) in [6.07, 6.45) is 4.45. The second-order valence-corrected chi connectivity index (χ2v) is 5.52. The second kappa shape index (κ2) is 5.10. The fraction of sp³-hybridized carbons (Fsp3) is 0.100. The van der Waals surface area contributed by atoms with E-state index < -0.39 is 0 Å². The number of hydrogen-bond donors (Lipinski definition) is 0. The van der Waals surface area contributed by atoms with Gasteiger partial charge in [-0.25, -0.2) is 0 Å². The lowest BCUT2D eigenvalue weighted by Gasteiger charge is -2.28. The minimum absolute atomic E-state index is 0.951. The highest BCUT2D eigenvalue weighted by Gasteiger charge is 2.12. The number of anilines is 1. The molecule has 0 aromatic heterocycles. The molecule has 0 unspecified atom stereocenters. The summed E-state index contributed by atoms with van der Waals surface area (Å²) in [4.78, 5) is 2.43. The Morgan fingerprint density at radius 1 is 0.810 bits per heavy atom. The first-order valence-corrected chi connectivity index (χ1v) is 7.38. The van der Waals surface area contributed by atoms with E-state index in [1.165, 1.54) is 27.6 Å². The van der Waals surface area contributed by atoms with Crippen molar-refractivity contribution in [2.45, 2.75) is 6.54 Å². The Morgan fingerprint density at radius 2 is 1.62 bits per heavy atom. The fourth-order valence-corrected chi connectivity index (χ4v) is 3.03. The van der Waals surface area contributed by atoms with Gasteiger partial charge in [0.1, 0.15) is 0 Å².